The number of pyridine rings is 1. The molecule has 14 heavy (non-hydrogen) atoms. The second kappa shape index (κ2) is 4.50. The fourth-order valence-electron chi connectivity index (χ4n) is 0.825. The van der Waals surface area contributed by atoms with E-state index in [1.807, 2.05) is 5.32 Å². The van der Waals surface area contributed by atoms with E-state index < -0.39 is 18.9 Å². The molecule has 1 rings (SSSR count). The van der Waals surface area contributed by atoms with Gasteiger partial charge in [0.15, 0.2) is 5.69 Å². The van der Waals surface area contributed by atoms with Crippen LogP contribution in [0.1, 0.15) is 10.5 Å². The number of aromatic hydroxyl groups is 1. The van der Waals surface area contributed by atoms with Gasteiger partial charge in [0.05, 0.1) is 6.54 Å². The van der Waals surface area contributed by atoms with Crippen LogP contribution in [0.2, 0.25) is 0 Å². The van der Waals surface area contributed by atoms with Crippen molar-refractivity contribution in [2.75, 3.05) is 6.54 Å². The lowest BCUT2D eigenvalue weighted by atomic mass is 10.3. The normalized spacial score (nSPS) is 10.2. The Hall–Kier alpha value is -1.72. The number of carbonyl (C=O) groups is 1. The third-order valence-corrected chi connectivity index (χ3v) is 1.42. The Morgan fingerprint density at radius 3 is 2.93 bits per heavy atom. The Kier molecular flexibility index (Phi) is 3.33. The summed E-state index contributed by atoms with van der Waals surface area (Å²) in [4.78, 5) is 14.7. The van der Waals surface area contributed by atoms with E-state index in [1.54, 1.807) is 0 Å². The van der Waals surface area contributed by atoms with Gasteiger partial charge < -0.3 is 10.4 Å². The van der Waals surface area contributed by atoms with Gasteiger partial charge >= 0.3 is 0 Å². The third kappa shape index (κ3) is 2.65. The van der Waals surface area contributed by atoms with Crippen molar-refractivity contribution < 1.29 is 18.7 Å². The van der Waals surface area contributed by atoms with Crippen LogP contribution in [0.5, 0.6) is 5.75 Å². The topological polar surface area (TPSA) is 62.2 Å². The molecule has 1 heterocycles. The summed E-state index contributed by atoms with van der Waals surface area (Å²) in [6.45, 7) is -0.755. The lowest BCUT2D eigenvalue weighted by Crippen LogP contribution is -2.29. The van der Waals surface area contributed by atoms with E-state index in [4.69, 9.17) is 5.11 Å². The molecule has 0 spiro atoms. The van der Waals surface area contributed by atoms with Crippen LogP contribution in [0.25, 0.3) is 0 Å². The number of aromatic nitrogens is 1. The van der Waals surface area contributed by atoms with Gasteiger partial charge in [0.2, 0.25) is 0 Å². The monoisotopic (exact) mass is 202 g/mol. The first-order valence-electron chi connectivity index (χ1n) is 3.81. The molecule has 0 aromatic carbocycles. The van der Waals surface area contributed by atoms with Crippen molar-refractivity contribution in [3.05, 3.63) is 24.0 Å². The first kappa shape index (κ1) is 10.4. The smallest absolute Gasteiger partial charge is 0.273 e. The molecule has 2 N–H and O–H groups in total. The predicted molar refractivity (Wildman–Crippen MR) is 44.2 cm³/mol. The predicted octanol–water partition coefficient (Wildman–Crippen LogP) is 0.782. The van der Waals surface area contributed by atoms with Gasteiger partial charge in [-0.15, -0.1) is 0 Å². The minimum absolute atomic E-state index is 0.256. The van der Waals surface area contributed by atoms with Gasteiger partial charge in [-0.1, -0.05) is 0 Å². The zero-order valence-corrected chi connectivity index (χ0v) is 7.08. The van der Waals surface area contributed by atoms with Crippen molar-refractivity contribution in [1.82, 2.24) is 10.3 Å². The lowest BCUT2D eigenvalue weighted by Gasteiger charge is -2.04. The second-order valence-corrected chi connectivity index (χ2v) is 2.47. The van der Waals surface area contributed by atoms with E-state index in [0.29, 0.717) is 0 Å². The highest BCUT2D eigenvalue weighted by Crippen LogP contribution is 2.11. The molecule has 0 saturated carbocycles. The molecular weight excluding hydrogens is 194 g/mol. The van der Waals surface area contributed by atoms with Crippen LogP contribution >= 0.6 is 0 Å². The van der Waals surface area contributed by atoms with Crippen LogP contribution in [-0.2, 0) is 0 Å². The van der Waals surface area contributed by atoms with Gasteiger partial charge in [-0.25, -0.2) is 13.8 Å². The van der Waals surface area contributed by atoms with Crippen molar-refractivity contribution in [1.29, 1.82) is 0 Å². The quantitative estimate of drug-likeness (QED) is 0.761. The molecule has 1 aromatic rings. The molecule has 76 valence electrons. The van der Waals surface area contributed by atoms with Crippen LogP contribution in [0.4, 0.5) is 8.78 Å². The van der Waals surface area contributed by atoms with Gasteiger partial charge in [-0.3, -0.25) is 4.79 Å². The van der Waals surface area contributed by atoms with Crippen molar-refractivity contribution >= 4 is 5.91 Å². The molecule has 1 amide bonds. The molecule has 0 aliphatic carbocycles. The molecule has 4 nitrogen and oxygen atoms in total. The number of halogens is 2. The van der Waals surface area contributed by atoms with Crippen molar-refractivity contribution in [3.63, 3.8) is 0 Å². The van der Waals surface area contributed by atoms with Crippen molar-refractivity contribution in [3.8, 4) is 5.75 Å². The third-order valence-electron chi connectivity index (χ3n) is 1.42. The SMILES string of the molecule is O=C(NCC(F)F)c1ncccc1O. The van der Waals surface area contributed by atoms with Crippen LogP contribution < -0.4 is 5.32 Å². The zero-order valence-electron chi connectivity index (χ0n) is 7.08. The highest BCUT2D eigenvalue weighted by Gasteiger charge is 2.13. The highest BCUT2D eigenvalue weighted by atomic mass is 19.3. The van der Waals surface area contributed by atoms with Crippen molar-refractivity contribution in [2.45, 2.75) is 6.43 Å². The van der Waals surface area contributed by atoms with Crippen LogP contribution in [-0.4, -0.2) is 29.0 Å². The Labute approximate surface area is 78.6 Å². The first-order chi connectivity index (χ1) is 6.61. The average molecular weight is 202 g/mol. The standard InChI is InChI=1S/C8H8F2N2O2/c9-6(10)4-12-8(14)7-5(13)2-1-3-11-7/h1-3,6,13H,4H2,(H,12,14). The van der Waals surface area contributed by atoms with E-state index in [0.717, 1.165) is 0 Å². The van der Waals surface area contributed by atoms with Crippen LogP contribution in [0.3, 0.4) is 0 Å². The fourth-order valence-corrected chi connectivity index (χ4v) is 0.825. The van der Waals surface area contributed by atoms with Gasteiger partial charge in [-0.2, -0.15) is 0 Å². The molecule has 0 unspecified atom stereocenters. The molecular formula is C8H8F2N2O2. The summed E-state index contributed by atoms with van der Waals surface area (Å²) in [7, 11) is 0. The minimum atomic E-state index is -2.62. The highest BCUT2D eigenvalue weighted by molar-refractivity contribution is 5.94. The minimum Gasteiger partial charge on any atom is -0.505 e. The van der Waals surface area contributed by atoms with E-state index in [-0.39, 0.29) is 11.4 Å². The molecule has 0 radical (unpaired) electrons. The lowest BCUT2D eigenvalue weighted by molar-refractivity contribution is 0.0884. The van der Waals surface area contributed by atoms with Crippen LogP contribution in [0.15, 0.2) is 18.3 Å². The molecule has 1 aromatic heterocycles. The zero-order chi connectivity index (χ0) is 10.6. The number of nitrogens with one attached hydrogen (secondary N) is 1. The number of rotatable bonds is 3. The number of alkyl halides is 2. The molecule has 0 aliphatic rings. The summed E-state index contributed by atoms with van der Waals surface area (Å²) >= 11 is 0. The summed E-state index contributed by atoms with van der Waals surface area (Å²) in [5.74, 6) is -1.15. The fraction of sp³-hybridized carbons (Fsp3) is 0.250. The molecule has 0 bridgehead atoms. The number of amides is 1. The van der Waals surface area contributed by atoms with Gasteiger partial charge in [-0.05, 0) is 12.1 Å². The molecule has 0 fully saturated rings. The van der Waals surface area contributed by atoms with Gasteiger partial charge in [0, 0.05) is 6.20 Å². The summed E-state index contributed by atoms with van der Waals surface area (Å²) in [5, 5.41) is 11.1. The largest absolute Gasteiger partial charge is 0.505 e. The van der Waals surface area contributed by atoms with E-state index >= 15 is 0 Å². The number of hydrogen-bond acceptors (Lipinski definition) is 3. The Morgan fingerprint density at radius 2 is 2.36 bits per heavy atom. The van der Waals surface area contributed by atoms with Crippen molar-refractivity contribution in [2.24, 2.45) is 0 Å². The Balaban J connectivity index is 2.65. The maximum atomic E-state index is 11.7. The van der Waals surface area contributed by atoms with Gasteiger partial charge in [0.25, 0.3) is 12.3 Å². The summed E-state index contributed by atoms with van der Waals surface area (Å²) < 4.78 is 23.4. The molecule has 0 saturated heterocycles. The summed E-state index contributed by atoms with van der Waals surface area (Å²) in [6, 6.07) is 2.68. The number of nitrogens with zero attached hydrogens (tertiary/aromatic N) is 1. The molecule has 0 aliphatic heterocycles. The second-order valence-electron chi connectivity index (χ2n) is 2.47. The van der Waals surface area contributed by atoms with Crippen LogP contribution in [0, 0.1) is 0 Å². The van der Waals surface area contributed by atoms with E-state index in [1.165, 1.54) is 18.3 Å². The Morgan fingerprint density at radius 1 is 1.64 bits per heavy atom. The van der Waals surface area contributed by atoms with Gasteiger partial charge in [0.1, 0.15) is 5.75 Å². The number of carbonyl (C=O) groups excluding carboxylic acids is 1. The first-order valence-corrected chi connectivity index (χ1v) is 3.81. The summed E-state index contributed by atoms with van der Waals surface area (Å²) in [5.41, 5.74) is -0.256. The Bertz CT molecular complexity index is 331. The molecule has 0 atom stereocenters. The maximum Gasteiger partial charge on any atom is 0.273 e. The molecule has 6 heteroatoms. The van der Waals surface area contributed by atoms with E-state index in [2.05, 4.69) is 4.98 Å². The van der Waals surface area contributed by atoms with E-state index in [9.17, 15) is 13.6 Å². The summed E-state index contributed by atoms with van der Waals surface area (Å²) in [6.07, 6.45) is -1.33. The average Bonchev–Trinajstić information content (AvgIpc) is 2.15. The number of hydrogen-bond donors (Lipinski definition) is 2. The maximum absolute atomic E-state index is 11.7.